The molecule has 1 atom stereocenters. The van der Waals surface area contributed by atoms with Crippen molar-refractivity contribution >= 4 is 46.6 Å². The summed E-state index contributed by atoms with van der Waals surface area (Å²) in [5.74, 6) is 1.09. The number of H-pyrrole nitrogens is 1. The van der Waals surface area contributed by atoms with Crippen LogP contribution < -0.4 is 10.6 Å². The van der Waals surface area contributed by atoms with Crippen LogP contribution in [0.1, 0.15) is 19.3 Å². The van der Waals surface area contributed by atoms with Crippen LogP contribution in [0.4, 0.5) is 5.69 Å². The average molecular weight is 417 g/mol. The Morgan fingerprint density at radius 1 is 1.14 bits per heavy atom. The molecule has 2 fully saturated rings. The number of halogens is 2. The smallest absolute Gasteiger partial charge is 0.228 e. The molecule has 1 saturated carbocycles. The van der Waals surface area contributed by atoms with Crippen molar-refractivity contribution < 1.29 is 4.79 Å². The molecule has 0 bridgehead atoms. The molecule has 2 aliphatic rings. The standard InChI is InChI=1S/C21H21ClN4O.ClH/c22-16-2-1-3-17-18(16)26-19(25-17)13-4-6-14(7-5-13)24-20(27)15-12-21(15)8-10-23-11-9-21;/h1-7,15,23H,8-12H2,(H,24,27)(H,25,26);1H. The molecule has 5 rings (SSSR count). The highest BCUT2D eigenvalue weighted by Gasteiger charge is 2.57. The average Bonchev–Trinajstić information content (AvgIpc) is 3.18. The zero-order chi connectivity index (χ0) is 18.4. The molecule has 2 aromatic carbocycles. The lowest BCUT2D eigenvalue weighted by atomic mass is 9.92. The largest absolute Gasteiger partial charge is 0.338 e. The number of hydrogen-bond donors (Lipinski definition) is 3. The van der Waals surface area contributed by atoms with Crippen LogP contribution >= 0.6 is 24.0 Å². The van der Waals surface area contributed by atoms with Gasteiger partial charge in [0.15, 0.2) is 0 Å². The number of nitrogens with one attached hydrogen (secondary N) is 3. The van der Waals surface area contributed by atoms with Crippen LogP contribution in [-0.2, 0) is 4.79 Å². The van der Waals surface area contributed by atoms with Crippen LogP contribution in [0.5, 0.6) is 0 Å². The number of piperidine rings is 1. The van der Waals surface area contributed by atoms with E-state index in [0.717, 1.165) is 60.5 Å². The van der Waals surface area contributed by atoms with Gasteiger partial charge >= 0.3 is 0 Å². The first-order valence-electron chi connectivity index (χ1n) is 9.41. The van der Waals surface area contributed by atoms with E-state index in [0.29, 0.717) is 5.02 Å². The first-order valence-corrected chi connectivity index (χ1v) is 9.79. The van der Waals surface area contributed by atoms with Crippen molar-refractivity contribution in [2.45, 2.75) is 19.3 Å². The number of para-hydroxylation sites is 1. The Labute approximate surface area is 174 Å². The summed E-state index contributed by atoms with van der Waals surface area (Å²) in [4.78, 5) is 20.5. The highest BCUT2D eigenvalue weighted by Crippen LogP contribution is 2.58. The fourth-order valence-corrected chi connectivity index (χ4v) is 4.49. The number of aromatic nitrogens is 2. The van der Waals surface area contributed by atoms with Gasteiger partial charge in [-0.1, -0.05) is 17.7 Å². The van der Waals surface area contributed by atoms with E-state index in [9.17, 15) is 4.79 Å². The van der Waals surface area contributed by atoms with Crippen molar-refractivity contribution in [1.82, 2.24) is 15.3 Å². The van der Waals surface area contributed by atoms with Gasteiger partial charge in [0.1, 0.15) is 11.3 Å². The molecule has 146 valence electrons. The number of rotatable bonds is 3. The maximum atomic E-state index is 12.6. The summed E-state index contributed by atoms with van der Waals surface area (Å²) in [6, 6.07) is 13.5. The van der Waals surface area contributed by atoms with Crippen molar-refractivity contribution in [3.8, 4) is 11.4 Å². The lowest BCUT2D eigenvalue weighted by Gasteiger charge is -2.23. The highest BCUT2D eigenvalue weighted by atomic mass is 35.5. The third kappa shape index (κ3) is 3.39. The predicted octanol–water partition coefficient (Wildman–Crippen LogP) is 4.63. The number of aromatic amines is 1. The van der Waals surface area contributed by atoms with E-state index in [1.165, 1.54) is 0 Å². The topological polar surface area (TPSA) is 69.8 Å². The van der Waals surface area contributed by atoms with Gasteiger partial charge in [-0.2, -0.15) is 0 Å². The molecular weight excluding hydrogens is 395 g/mol. The van der Waals surface area contributed by atoms with Gasteiger partial charge in [-0.25, -0.2) is 4.98 Å². The third-order valence-electron chi connectivity index (χ3n) is 5.99. The van der Waals surface area contributed by atoms with Crippen LogP contribution in [0.2, 0.25) is 5.02 Å². The summed E-state index contributed by atoms with van der Waals surface area (Å²) in [5.41, 5.74) is 3.72. The van der Waals surface area contributed by atoms with Gasteiger partial charge in [0.2, 0.25) is 5.91 Å². The Morgan fingerprint density at radius 2 is 1.89 bits per heavy atom. The lowest BCUT2D eigenvalue weighted by molar-refractivity contribution is -0.118. The second-order valence-corrected chi connectivity index (χ2v) is 8.06. The maximum Gasteiger partial charge on any atom is 0.228 e. The summed E-state index contributed by atoms with van der Waals surface area (Å²) in [7, 11) is 0. The molecule has 1 aliphatic carbocycles. The van der Waals surface area contributed by atoms with Gasteiger partial charge in [-0.15, -0.1) is 12.4 Å². The van der Waals surface area contributed by atoms with Gasteiger partial charge in [0, 0.05) is 17.2 Å². The Morgan fingerprint density at radius 3 is 2.61 bits per heavy atom. The molecule has 3 aromatic rings. The van der Waals surface area contributed by atoms with E-state index < -0.39 is 0 Å². The molecule has 28 heavy (non-hydrogen) atoms. The zero-order valence-electron chi connectivity index (χ0n) is 15.3. The molecule has 2 heterocycles. The van der Waals surface area contributed by atoms with Crippen molar-refractivity contribution in [2.75, 3.05) is 18.4 Å². The molecule has 3 N–H and O–H groups in total. The van der Waals surface area contributed by atoms with Crippen molar-refractivity contribution in [1.29, 1.82) is 0 Å². The number of benzene rings is 2. The Kier molecular flexibility index (Phi) is 5.08. The van der Waals surface area contributed by atoms with Crippen LogP contribution in [0, 0.1) is 11.3 Å². The first kappa shape index (κ1) is 19.2. The van der Waals surface area contributed by atoms with E-state index in [-0.39, 0.29) is 29.6 Å². The number of nitrogens with zero attached hydrogens (tertiary/aromatic N) is 1. The number of hydrogen-bond acceptors (Lipinski definition) is 3. The molecule has 1 spiro atoms. The molecule has 1 aromatic heterocycles. The van der Waals surface area contributed by atoms with E-state index >= 15 is 0 Å². The van der Waals surface area contributed by atoms with Crippen LogP contribution in [0.25, 0.3) is 22.4 Å². The van der Waals surface area contributed by atoms with E-state index in [2.05, 4.69) is 20.6 Å². The lowest BCUT2D eigenvalue weighted by Crippen LogP contribution is -2.31. The Balaban J connectivity index is 0.00000192. The first-order chi connectivity index (χ1) is 13.1. The number of anilines is 1. The summed E-state index contributed by atoms with van der Waals surface area (Å²) in [6.07, 6.45) is 3.25. The summed E-state index contributed by atoms with van der Waals surface area (Å²) in [5, 5.41) is 7.09. The number of amides is 1. The monoisotopic (exact) mass is 416 g/mol. The molecule has 1 unspecified atom stereocenters. The summed E-state index contributed by atoms with van der Waals surface area (Å²) in [6.45, 7) is 2.06. The van der Waals surface area contributed by atoms with Gasteiger partial charge < -0.3 is 15.6 Å². The quantitative estimate of drug-likeness (QED) is 0.582. The zero-order valence-corrected chi connectivity index (χ0v) is 16.9. The summed E-state index contributed by atoms with van der Waals surface area (Å²) >= 11 is 6.20. The molecule has 1 aliphatic heterocycles. The van der Waals surface area contributed by atoms with Gasteiger partial charge in [-0.3, -0.25) is 4.79 Å². The van der Waals surface area contributed by atoms with Crippen molar-refractivity contribution in [2.24, 2.45) is 11.3 Å². The second kappa shape index (κ2) is 7.39. The fourth-order valence-electron chi connectivity index (χ4n) is 4.27. The van der Waals surface area contributed by atoms with Crippen molar-refractivity contribution in [3.63, 3.8) is 0 Å². The minimum Gasteiger partial charge on any atom is -0.338 e. The molecule has 7 heteroatoms. The SMILES string of the molecule is Cl.O=C(Nc1ccc(-c2nc3c(Cl)cccc3[nH]2)cc1)C1CC12CCNCC2. The molecule has 1 saturated heterocycles. The van der Waals surface area contributed by atoms with Crippen LogP contribution in [0.3, 0.4) is 0 Å². The normalized spacial score (nSPS) is 20.0. The fraction of sp³-hybridized carbons (Fsp3) is 0.333. The highest BCUT2D eigenvalue weighted by molar-refractivity contribution is 6.35. The number of carbonyl (C=O) groups is 1. The second-order valence-electron chi connectivity index (χ2n) is 7.66. The number of carbonyl (C=O) groups excluding carboxylic acids is 1. The number of fused-ring (bicyclic) bond motifs is 1. The van der Waals surface area contributed by atoms with E-state index in [4.69, 9.17) is 11.6 Å². The van der Waals surface area contributed by atoms with Crippen LogP contribution in [0.15, 0.2) is 42.5 Å². The third-order valence-corrected chi connectivity index (χ3v) is 6.30. The maximum absolute atomic E-state index is 12.6. The summed E-state index contributed by atoms with van der Waals surface area (Å²) < 4.78 is 0. The minimum atomic E-state index is 0. The van der Waals surface area contributed by atoms with Gasteiger partial charge in [0.25, 0.3) is 0 Å². The van der Waals surface area contributed by atoms with Crippen molar-refractivity contribution in [3.05, 3.63) is 47.5 Å². The molecule has 0 radical (unpaired) electrons. The Hall–Kier alpha value is -2.08. The molecular formula is C21H22Cl2N4O. The Bertz CT molecular complexity index is 1010. The number of imidazole rings is 1. The van der Waals surface area contributed by atoms with E-state index in [1.54, 1.807) is 0 Å². The van der Waals surface area contributed by atoms with Crippen LogP contribution in [-0.4, -0.2) is 29.0 Å². The minimum absolute atomic E-state index is 0. The predicted molar refractivity (Wildman–Crippen MR) is 115 cm³/mol. The van der Waals surface area contributed by atoms with Gasteiger partial charge in [-0.05, 0) is 74.2 Å². The van der Waals surface area contributed by atoms with Gasteiger partial charge in [0.05, 0.1) is 10.5 Å². The molecule has 1 amide bonds. The molecule has 5 nitrogen and oxygen atoms in total. The van der Waals surface area contributed by atoms with E-state index in [1.807, 2.05) is 42.5 Å².